The van der Waals surface area contributed by atoms with E-state index in [1.807, 2.05) is 0 Å². The molecule has 8 aromatic rings. The van der Waals surface area contributed by atoms with E-state index in [0.29, 0.717) is 0 Å². The Morgan fingerprint density at radius 1 is 0.218 bits per heavy atom. The summed E-state index contributed by atoms with van der Waals surface area (Å²) in [5.41, 5.74) is -58.2. The van der Waals surface area contributed by atoms with Gasteiger partial charge in [-0.3, -0.25) is 33.6 Å². The summed E-state index contributed by atoms with van der Waals surface area (Å²) in [6.45, 7) is 0. The van der Waals surface area contributed by atoms with Crippen molar-refractivity contribution in [3.63, 3.8) is 0 Å². The molecule has 9 rings (SSSR count). The van der Waals surface area contributed by atoms with Gasteiger partial charge in [0.2, 0.25) is 11.4 Å². The molecule has 0 radical (unpaired) electrons. The molecule has 1 aliphatic carbocycles. The van der Waals surface area contributed by atoms with Crippen LogP contribution in [0.2, 0.25) is 0 Å². The number of carboxylic acids is 1. The van der Waals surface area contributed by atoms with Gasteiger partial charge in [0.05, 0.1) is 5.56 Å². The first-order chi connectivity index (χ1) is 46.8. The van der Waals surface area contributed by atoms with Crippen molar-refractivity contribution in [2.45, 2.75) is 22.4 Å². The summed E-state index contributed by atoms with van der Waals surface area (Å²) in [7, 11) is 0. The SMILES string of the molecule is O=C(OC1(C(=O)O)C(C(=O)c2cc(O)c(O)c(O)c2)(C(=O)c2cc(O)c(O)c(O)c2)[C@](O)(C(=O)c2cc(O)c(O)c(O)c2)C(O)(C(=O)c2cc(O)c(O)c(O)c2)[C@@](O)(C(=O)c2cc(O)c(O)c(O)c2)C1(C(=O)c1cc(O)c(O)c(O)c1)C(=O)c1cc(O)c(O)c(O)c1)c1cc(O)c(O)c(O)c1. The first kappa shape index (κ1) is 70.8. The maximum Gasteiger partial charge on any atom is 0.351 e. The number of ether oxygens (including phenoxy) is 1. The highest BCUT2D eigenvalue weighted by molar-refractivity contribution is 6.39. The minimum absolute atomic E-state index is 0.188. The van der Waals surface area contributed by atoms with Crippen LogP contribution < -0.4 is 0 Å². The predicted molar refractivity (Wildman–Crippen MR) is 317 cm³/mol. The lowest BCUT2D eigenvalue weighted by atomic mass is 9.30. The molecule has 0 spiro atoms. The van der Waals surface area contributed by atoms with Gasteiger partial charge in [0.1, 0.15) is 0 Å². The predicted octanol–water partition coefficient (Wildman–Crippen LogP) is 0.961. The van der Waals surface area contributed by atoms with Gasteiger partial charge in [-0.2, -0.15) is 0 Å². The zero-order chi connectivity index (χ0) is 75.7. The molecule has 2 atom stereocenters. The zero-order valence-corrected chi connectivity index (χ0v) is 49.3. The fourth-order valence-corrected chi connectivity index (χ4v) is 12.2. The van der Waals surface area contributed by atoms with Crippen LogP contribution in [0.5, 0.6) is 138 Å². The summed E-state index contributed by atoms with van der Waals surface area (Å²) in [5, 5.41) is 324. The maximum atomic E-state index is 17.6. The van der Waals surface area contributed by atoms with Crippen molar-refractivity contribution in [2.75, 3.05) is 0 Å². The Hall–Kier alpha value is -14.5. The minimum Gasteiger partial charge on any atom is -0.504 e. The number of phenolic OH excluding ortho intramolecular Hbond substituents is 24. The molecule has 101 heavy (non-hydrogen) atoms. The Kier molecular flexibility index (Phi) is 16.4. The number of carbonyl (C=O) groups excluding carboxylic acids is 8. The van der Waals surface area contributed by atoms with Crippen molar-refractivity contribution in [1.82, 2.24) is 0 Å². The van der Waals surface area contributed by atoms with Crippen molar-refractivity contribution in [3.8, 4) is 138 Å². The van der Waals surface area contributed by atoms with Crippen molar-refractivity contribution in [3.05, 3.63) is 142 Å². The third-order valence-corrected chi connectivity index (χ3v) is 16.7. The molecule has 0 aromatic heterocycles. The molecule has 524 valence electrons. The molecule has 38 nitrogen and oxygen atoms in total. The molecule has 0 saturated heterocycles. The molecule has 28 N–H and O–H groups in total. The second kappa shape index (κ2) is 23.4. The monoisotopic (exact) mass is 1410 g/mol. The lowest BCUT2D eigenvalue weighted by Gasteiger charge is -2.70. The van der Waals surface area contributed by atoms with E-state index in [0.717, 1.165) is 0 Å². The number of benzene rings is 8. The summed E-state index contributed by atoms with van der Waals surface area (Å²) in [4.78, 5) is 155. The lowest BCUT2D eigenvalue weighted by Crippen LogP contribution is -3.00. The number of phenols is 24. The van der Waals surface area contributed by atoms with Gasteiger partial charge in [0, 0.05) is 38.9 Å². The van der Waals surface area contributed by atoms with Crippen LogP contribution in [-0.2, 0) is 9.53 Å². The average Bonchev–Trinajstić information content (AvgIpc) is 0.613. The third kappa shape index (κ3) is 9.34. The van der Waals surface area contributed by atoms with Crippen LogP contribution in [0.3, 0.4) is 0 Å². The van der Waals surface area contributed by atoms with Gasteiger partial charge in [-0.15, -0.1) is 0 Å². The first-order valence-corrected chi connectivity index (χ1v) is 27.2. The Morgan fingerprint density at radius 2 is 0.356 bits per heavy atom. The van der Waals surface area contributed by atoms with Crippen LogP contribution in [0, 0.1) is 10.8 Å². The second-order valence-corrected chi connectivity index (χ2v) is 22.2. The molecule has 1 aliphatic rings. The molecular formula is C63H44O38. The normalized spacial score (nSPS) is 18.9. The molecule has 0 heterocycles. The highest BCUT2D eigenvalue weighted by Gasteiger charge is 3.03. The summed E-state index contributed by atoms with van der Waals surface area (Å²) >= 11 is 0. The lowest BCUT2D eigenvalue weighted by molar-refractivity contribution is -0.308. The van der Waals surface area contributed by atoms with Crippen molar-refractivity contribution < 1.29 is 191 Å². The highest BCUT2D eigenvalue weighted by Crippen LogP contribution is 2.74. The first-order valence-electron chi connectivity index (χ1n) is 27.2. The number of carboxylic acid groups (broad SMARTS) is 1. The number of aliphatic carboxylic acids is 1. The number of hydrogen-bond acceptors (Lipinski definition) is 37. The molecule has 0 unspecified atom stereocenters. The van der Waals surface area contributed by atoms with E-state index in [1.54, 1.807) is 0 Å². The number of Topliss-reactive ketones (excluding diaryl/α,β-unsaturated/α-hetero) is 7. The van der Waals surface area contributed by atoms with Crippen LogP contribution in [0.1, 0.15) is 82.9 Å². The van der Waals surface area contributed by atoms with E-state index in [1.165, 1.54) is 0 Å². The molecular weight excluding hydrogens is 1360 g/mol. The molecule has 38 heteroatoms. The number of rotatable bonds is 17. The van der Waals surface area contributed by atoms with Crippen LogP contribution in [0.25, 0.3) is 0 Å². The Morgan fingerprint density at radius 3 is 0.515 bits per heavy atom. The van der Waals surface area contributed by atoms with Crippen LogP contribution >= 0.6 is 0 Å². The van der Waals surface area contributed by atoms with Crippen molar-refractivity contribution in [2.24, 2.45) is 10.8 Å². The third-order valence-electron chi connectivity index (χ3n) is 16.7. The van der Waals surface area contributed by atoms with E-state index >= 15 is 58.5 Å². The van der Waals surface area contributed by atoms with E-state index in [4.69, 9.17) is 4.74 Å². The van der Waals surface area contributed by atoms with E-state index in [9.17, 15) is 128 Å². The number of esters is 1. The van der Waals surface area contributed by atoms with Gasteiger partial charge in [-0.05, 0) is 97.1 Å². The topological polar surface area (TPSA) is 729 Å². The van der Waals surface area contributed by atoms with E-state index < -0.39 is 268 Å². The van der Waals surface area contributed by atoms with Crippen LogP contribution in [0.15, 0.2) is 97.1 Å². The zero-order valence-electron chi connectivity index (χ0n) is 49.3. The Balaban J connectivity index is 1.86. The van der Waals surface area contributed by atoms with Crippen molar-refractivity contribution in [1.29, 1.82) is 0 Å². The molecule has 1 fully saturated rings. The fourth-order valence-electron chi connectivity index (χ4n) is 12.2. The maximum absolute atomic E-state index is 17.6. The molecule has 1 saturated carbocycles. The van der Waals surface area contributed by atoms with Crippen LogP contribution in [-0.4, -0.2) is 218 Å². The second-order valence-electron chi connectivity index (χ2n) is 22.2. The summed E-state index contributed by atoms with van der Waals surface area (Å²) in [5.74, 6) is -78.2. The quantitative estimate of drug-likeness (QED) is 0.0261. The number of aliphatic hydroxyl groups is 3. The number of carbonyl (C=O) groups is 9. The standard InChI is InChI=1S/C63H44O38/c64-25-1-17(2-26(65)41(25)80)49(88)58(50(89)18-3-27(66)42(81)28(67)4-18)60(98,53(92)21-9-33(72)45(84)34(73)10-21)62(100,55(94)23-13-37(76)47(86)38(77)14-23)61(99,54(93)22-11-35(74)46(85)36(75)12-22)59(51(90)19-5-29(68)43(82)30(69)6-19,52(91)20-7-31(70)44(83)32(71)8-20)63(58,57(96)97)101-56(95)24-15-39(78)48(87)40(79)16-24/h1-16,64-87,98-100H,(H,96,97)/t60-,61-,62?,63?/m1/s1. The summed E-state index contributed by atoms with van der Waals surface area (Å²) in [6.07, 6.45) is 0. The van der Waals surface area contributed by atoms with Crippen molar-refractivity contribution >= 4 is 52.4 Å². The van der Waals surface area contributed by atoms with Gasteiger partial charge in [0.25, 0.3) is 5.60 Å². The van der Waals surface area contributed by atoms with Gasteiger partial charge in [0.15, 0.2) is 195 Å². The van der Waals surface area contributed by atoms with Gasteiger partial charge >= 0.3 is 11.9 Å². The molecule has 8 aromatic carbocycles. The fraction of sp³-hybridized carbons (Fsp3) is 0.0952. The van der Waals surface area contributed by atoms with E-state index in [-0.39, 0.29) is 97.1 Å². The van der Waals surface area contributed by atoms with Crippen LogP contribution in [0.4, 0.5) is 0 Å². The van der Waals surface area contributed by atoms with Gasteiger partial charge < -0.3 is 148 Å². The van der Waals surface area contributed by atoms with E-state index in [2.05, 4.69) is 0 Å². The molecule has 0 aliphatic heterocycles. The molecule has 0 amide bonds. The average molecular weight is 1410 g/mol. The smallest absolute Gasteiger partial charge is 0.351 e. The molecule has 0 bridgehead atoms. The largest absolute Gasteiger partial charge is 0.504 e. The summed E-state index contributed by atoms with van der Waals surface area (Å²) < 4.78 is 5.68. The number of hydrogen-bond donors (Lipinski definition) is 28. The Bertz CT molecular complexity index is 4530. The van der Waals surface area contributed by atoms with Gasteiger partial charge in [-0.25, -0.2) is 9.59 Å². The number of ketones is 7. The number of aromatic hydroxyl groups is 24. The minimum atomic E-state index is -6.82. The van der Waals surface area contributed by atoms with Gasteiger partial charge in [-0.1, -0.05) is 0 Å². The summed E-state index contributed by atoms with van der Waals surface area (Å²) in [6, 6.07) is -5.35. The Labute approximate surface area is 554 Å². The highest BCUT2D eigenvalue weighted by atomic mass is 16.6.